The van der Waals surface area contributed by atoms with Crippen LogP contribution in [0.2, 0.25) is 0 Å². The number of fused-ring (bicyclic) bond motifs is 1. The molecule has 1 aromatic carbocycles. The van der Waals surface area contributed by atoms with Gasteiger partial charge in [-0.25, -0.2) is 4.39 Å². The highest BCUT2D eigenvalue weighted by Gasteiger charge is 2.19. The van der Waals surface area contributed by atoms with E-state index in [-0.39, 0.29) is 36.2 Å². The summed E-state index contributed by atoms with van der Waals surface area (Å²) in [5.41, 5.74) is 13.3. The van der Waals surface area contributed by atoms with E-state index in [0.717, 1.165) is 12.8 Å². The first-order chi connectivity index (χ1) is 17.7. The zero-order valence-corrected chi connectivity index (χ0v) is 20.7. The van der Waals surface area contributed by atoms with E-state index in [1.54, 1.807) is 19.2 Å². The second-order valence-corrected chi connectivity index (χ2v) is 8.89. The van der Waals surface area contributed by atoms with E-state index in [2.05, 4.69) is 20.9 Å². The highest BCUT2D eigenvalue weighted by molar-refractivity contribution is 6.13. The maximum absolute atomic E-state index is 15.1. The number of unbranched alkanes of at least 4 members (excludes halogenated alkanes) is 3. The highest BCUT2D eigenvalue weighted by Crippen LogP contribution is 2.30. The van der Waals surface area contributed by atoms with Crippen molar-refractivity contribution < 1.29 is 18.8 Å². The number of aromatic nitrogens is 1. The molecule has 0 spiro atoms. The number of hydrogen-bond acceptors (Lipinski definition) is 7. The van der Waals surface area contributed by atoms with Crippen LogP contribution in [0, 0.1) is 18.2 Å². The van der Waals surface area contributed by atoms with E-state index in [1.165, 1.54) is 18.5 Å². The SMILES string of the molecule is Cc1c(N)cncc1-c1cc(=CC(=N)NC(=O)CCNC(=O)CCCCCCC(N)=O)c2c(c1F)NC=2. The third kappa shape index (κ3) is 7.35. The Morgan fingerprint density at radius 3 is 2.49 bits per heavy atom. The third-order valence-electron chi connectivity index (χ3n) is 6.07. The second-order valence-electron chi connectivity index (χ2n) is 8.89. The second kappa shape index (κ2) is 12.6. The van der Waals surface area contributed by atoms with Crippen LogP contribution < -0.4 is 37.9 Å². The Labute approximate surface area is 213 Å². The van der Waals surface area contributed by atoms with E-state index >= 15 is 4.39 Å². The Bertz CT molecular complexity index is 1340. The maximum atomic E-state index is 15.1. The van der Waals surface area contributed by atoms with E-state index in [9.17, 15) is 14.4 Å². The number of primary amides is 1. The van der Waals surface area contributed by atoms with Crippen molar-refractivity contribution in [2.24, 2.45) is 5.73 Å². The molecular weight excluding hydrogens is 477 g/mol. The molecule has 0 bridgehead atoms. The first kappa shape index (κ1) is 27.3. The summed E-state index contributed by atoms with van der Waals surface area (Å²) in [5, 5.41) is 17.3. The number of hydrogen-bond donors (Lipinski definition) is 6. The molecule has 0 atom stereocenters. The molecule has 8 N–H and O–H groups in total. The van der Waals surface area contributed by atoms with Gasteiger partial charge in [-0.2, -0.15) is 0 Å². The predicted molar refractivity (Wildman–Crippen MR) is 141 cm³/mol. The smallest absolute Gasteiger partial charge is 0.227 e. The molecule has 0 saturated heterocycles. The number of amidine groups is 1. The van der Waals surface area contributed by atoms with Crippen LogP contribution in [-0.2, 0) is 14.4 Å². The molecule has 0 aliphatic carbocycles. The molecule has 2 heterocycles. The number of carbonyl (C=O) groups is 3. The van der Waals surface area contributed by atoms with Gasteiger partial charge in [-0.3, -0.25) is 24.8 Å². The lowest BCUT2D eigenvalue weighted by molar-refractivity contribution is -0.122. The fraction of sp³-hybridized carbons (Fsp3) is 0.346. The number of amides is 3. The Morgan fingerprint density at radius 2 is 1.81 bits per heavy atom. The Morgan fingerprint density at radius 1 is 1.08 bits per heavy atom. The number of nitrogen functional groups attached to an aromatic ring is 1. The molecule has 1 aliphatic heterocycles. The fourth-order valence-corrected chi connectivity index (χ4v) is 3.93. The molecule has 0 saturated carbocycles. The van der Waals surface area contributed by atoms with Crippen LogP contribution in [0.25, 0.3) is 23.4 Å². The average molecular weight is 510 g/mol. The number of rotatable bonds is 12. The lowest BCUT2D eigenvalue weighted by atomic mass is 9.97. The van der Waals surface area contributed by atoms with Gasteiger partial charge in [0, 0.05) is 54.5 Å². The number of carbonyl (C=O) groups excluding carboxylic acids is 3. The molecule has 1 aromatic heterocycles. The minimum absolute atomic E-state index is 0.00911. The monoisotopic (exact) mass is 509 g/mol. The predicted octanol–water partition coefficient (Wildman–Crippen LogP) is 1.15. The van der Waals surface area contributed by atoms with Crippen molar-refractivity contribution in [2.75, 3.05) is 17.6 Å². The van der Waals surface area contributed by atoms with Crippen LogP contribution in [0.5, 0.6) is 0 Å². The van der Waals surface area contributed by atoms with Crippen molar-refractivity contribution in [1.82, 2.24) is 15.6 Å². The van der Waals surface area contributed by atoms with Crippen molar-refractivity contribution in [2.45, 2.75) is 51.9 Å². The number of nitrogens with one attached hydrogen (secondary N) is 4. The molecule has 3 rings (SSSR count). The third-order valence-corrected chi connectivity index (χ3v) is 6.07. The van der Waals surface area contributed by atoms with Gasteiger partial charge in [0.25, 0.3) is 0 Å². The Hall–Kier alpha value is -4.28. The highest BCUT2D eigenvalue weighted by atomic mass is 19.1. The van der Waals surface area contributed by atoms with Gasteiger partial charge < -0.3 is 27.4 Å². The van der Waals surface area contributed by atoms with Crippen LogP contribution in [0.15, 0.2) is 18.5 Å². The number of halogens is 1. The van der Waals surface area contributed by atoms with Crippen LogP contribution in [0.1, 0.15) is 50.5 Å². The zero-order chi connectivity index (χ0) is 26.9. The molecule has 11 heteroatoms. The Balaban J connectivity index is 1.53. The van der Waals surface area contributed by atoms with E-state index in [4.69, 9.17) is 16.9 Å². The van der Waals surface area contributed by atoms with E-state index < -0.39 is 11.7 Å². The van der Waals surface area contributed by atoms with Crippen LogP contribution in [-0.4, -0.2) is 35.1 Å². The van der Waals surface area contributed by atoms with Gasteiger partial charge >= 0.3 is 0 Å². The summed E-state index contributed by atoms with van der Waals surface area (Å²) in [5.74, 6) is -1.50. The first-order valence-corrected chi connectivity index (χ1v) is 12.1. The van der Waals surface area contributed by atoms with Gasteiger partial charge in [0.05, 0.1) is 17.6 Å². The molecule has 0 radical (unpaired) electrons. The Kier molecular flexibility index (Phi) is 9.31. The van der Waals surface area contributed by atoms with Gasteiger partial charge in [-0.05, 0) is 42.7 Å². The largest absolute Gasteiger partial charge is 0.397 e. The summed E-state index contributed by atoms with van der Waals surface area (Å²) in [6.07, 6.45) is 9.88. The van der Waals surface area contributed by atoms with Crippen LogP contribution in [0.4, 0.5) is 15.8 Å². The summed E-state index contributed by atoms with van der Waals surface area (Å²) in [7, 11) is 0. The van der Waals surface area contributed by atoms with Gasteiger partial charge in [-0.1, -0.05) is 12.8 Å². The van der Waals surface area contributed by atoms with E-state index in [0.29, 0.717) is 58.6 Å². The molecule has 2 aromatic rings. The van der Waals surface area contributed by atoms with Gasteiger partial charge in [0.15, 0.2) is 5.82 Å². The fourth-order valence-electron chi connectivity index (χ4n) is 3.93. The molecule has 1 aliphatic rings. The van der Waals surface area contributed by atoms with Crippen LogP contribution >= 0.6 is 0 Å². The van der Waals surface area contributed by atoms with Crippen molar-refractivity contribution in [3.8, 4) is 11.1 Å². The molecule has 10 nitrogen and oxygen atoms in total. The first-order valence-electron chi connectivity index (χ1n) is 12.1. The zero-order valence-electron chi connectivity index (χ0n) is 20.7. The molecule has 0 unspecified atom stereocenters. The summed E-state index contributed by atoms with van der Waals surface area (Å²) in [4.78, 5) is 38.9. The average Bonchev–Trinajstić information content (AvgIpc) is 2.79. The number of pyridine rings is 1. The standard InChI is InChI=1S/C26H32FN7O3/c1-15-18(12-31-14-20(15)28)17-10-16(19-13-33-26(19)25(17)27)11-21(29)34-24(37)8-9-32-23(36)7-5-3-2-4-6-22(30)35/h10-14,33H,2-9,28H2,1H3,(H2,30,35)(H,32,36)(H2,29,34,37). The summed E-state index contributed by atoms with van der Waals surface area (Å²) < 4.78 is 15.1. The van der Waals surface area contributed by atoms with Crippen molar-refractivity contribution in [1.29, 1.82) is 5.41 Å². The number of benzene rings is 1. The van der Waals surface area contributed by atoms with Gasteiger partial charge in [0.1, 0.15) is 5.84 Å². The van der Waals surface area contributed by atoms with Gasteiger partial charge in [-0.15, -0.1) is 0 Å². The van der Waals surface area contributed by atoms with Crippen molar-refractivity contribution in [3.63, 3.8) is 0 Å². The number of nitrogens with two attached hydrogens (primary N) is 2. The summed E-state index contributed by atoms with van der Waals surface area (Å²) >= 11 is 0. The number of anilines is 2. The maximum Gasteiger partial charge on any atom is 0.227 e. The molecule has 0 fully saturated rings. The van der Waals surface area contributed by atoms with E-state index in [1.807, 2.05) is 0 Å². The lowest BCUT2D eigenvalue weighted by Crippen LogP contribution is -2.39. The summed E-state index contributed by atoms with van der Waals surface area (Å²) in [6, 6.07) is 1.60. The molecule has 196 valence electrons. The van der Waals surface area contributed by atoms with Crippen molar-refractivity contribution >= 4 is 47.2 Å². The number of nitrogens with zero attached hydrogens (tertiary/aromatic N) is 1. The molecule has 3 amide bonds. The minimum Gasteiger partial charge on any atom is -0.397 e. The minimum atomic E-state index is -0.442. The van der Waals surface area contributed by atoms with Crippen LogP contribution in [0.3, 0.4) is 0 Å². The topological polar surface area (TPSA) is 176 Å². The lowest BCUT2D eigenvalue weighted by Gasteiger charge is -2.18. The normalized spacial score (nSPS) is 12.0. The molecular formula is C26H32FN7O3. The quantitative estimate of drug-likeness (QED) is 0.142. The summed E-state index contributed by atoms with van der Waals surface area (Å²) in [6.45, 7) is 1.93. The van der Waals surface area contributed by atoms with Crippen molar-refractivity contribution in [3.05, 3.63) is 40.3 Å². The van der Waals surface area contributed by atoms with Gasteiger partial charge in [0.2, 0.25) is 17.7 Å². The molecule has 37 heavy (non-hydrogen) atoms.